The van der Waals surface area contributed by atoms with Crippen molar-refractivity contribution < 1.29 is 43.4 Å². The molecule has 0 aliphatic carbocycles. The van der Waals surface area contributed by atoms with Gasteiger partial charge in [-0.25, -0.2) is 9.59 Å². The topological polar surface area (TPSA) is 209 Å². The summed E-state index contributed by atoms with van der Waals surface area (Å²) in [5.74, 6) is -3.18. The maximum absolute atomic E-state index is 12.6. The van der Waals surface area contributed by atoms with Crippen molar-refractivity contribution in [3.8, 4) is 0 Å². The minimum atomic E-state index is -1.26. The van der Waals surface area contributed by atoms with Crippen LogP contribution in [0.25, 0.3) is 0 Å². The molecule has 5 amide bonds. The SMILES string of the molecule is CCNC(=O)[C@H](CCCNC(=O)CSC[C@H](NC(C)=O)C(=O)NC(C)C)CC(=O)CSC[C@H](NC(=O)OC(C)(C)C)C(=O)O. The smallest absolute Gasteiger partial charge is 0.408 e. The van der Waals surface area contributed by atoms with Gasteiger partial charge in [-0.3, -0.25) is 24.0 Å². The molecule has 252 valence electrons. The first kappa shape index (κ1) is 41.0. The van der Waals surface area contributed by atoms with Gasteiger partial charge in [0, 0.05) is 49.9 Å². The van der Waals surface area contributed by atoms with Gasteiger partial charge in [-0.05, 0) is 54.4 Å². The van der Waals surface area contributed by atoms with Crippen molar-refractivity contribution in [2.24, 2.45) is 5.92 Å². The molecule has 0 rings (SSSR count). The third-order valence-corrected chi connectivity index (χ3v) is 7.56. The van der Waals surface area contributed by atoms with E-state index in [4.69, 9.17) is 4.74 Å². The van der Waals surface area contributed by atoms with Crippen LogP contribution in [-0.4, -0.2) is 106 Å². The summed E-state index contributed by atoms with van der Waals surface area (Å²) in [4.78, 5) is 84.6. The molecule has 0 aromatic carbocycles. The van der Waals surface area contributed by atoms with Crippen molar-refractivity contribution in [1.82, 2.24) is 26.6 Å². The molecule has 0 radical (unpaired) electrons. The Morgan fingerprint density at radius 2 is 1.45 bits per heavy atom. The van der Waals surface area contributed by atoms with Crippen LogP contribution in [0, 0.1) is 5.92 Å². The number of carbonyl (C=O) groups excluding carboxylic acids is 6. The number of rotatable bonds is 21. The van der Waals surface area contributed by atoms with Gasteiger partial charge in [-0.2, -0.15) is 11.8 Å². The van der Waals surface area contributed by atoms with Gasteiger partial charge in [0.2, 0.25) is 23.6 Å². The number of thioether (sulfide) groups is 2. The highest BCUT2D eigenvalue weighted by Crippen LogP contribution is 2.15. The Bertz CT molecular complexity index is 989. The van der Waals surface area contributed by atoms with E-state index in [1.54, 1.807) is 41.5 Å². The molecule has 0 aromatic rings. The van der Waals surface area contributed by atoms with Crippen molar-refractivity contribution in [2.45, 2.75) is 91.5 Å². The lowest BCUT2D eigenvalue weighted by molar-refractivity contribution is -0.139. The van der Waals surface area contributed by atoms with Crippen molar-refractivity contribution >= 4 is 65.0 Å². The molecule has 3 atom stereocenters. The molecule has 0 saturated carbocycles. The van der Waals surface area contributed by atoms with Crippen molar-refractivity contribution in [1.29, 1.82) is 0 Å². The van der Waals surface area contributed by atoms with Crippen molar-refractivity contribution in [3.63, 3.8) is 0 Å². The third-order valence-electron chi connectivity index (χ3n) is 5.43. The molecule has 16 heteroatoms. The molecule has 0 saturated heterocycles. The zero-order valence-corrected chi connectivity index (χ0v) is 28.3. The molecule has 0 aliphatic heterocycles. The second-order valence-corrected chi connectivity index (χ2v) is 13.4. The van der Waals surface area contributed by atoms with Gasteiger partial charge in [0.25, 0.3) is 0 Å². The number of Topliss-reactive ketones (excluding diaryl/α,β-unsaturated/α-hetero) is 1. The van der Waals surface area contributed by atoms with Crippen LogP contribution in [-0.2, 0) is 33.5 Å². The summed E-state index contributed by atoms with van der Waals surface area (Å²) >= 11 is 2.24. The number of aliphatic carboxylic acids is 1. The Labute approximate surface area is 268 Å². The molecule has 0 heterocycles. The zero-order valence-electron chi connectivity index (χ0n) is 26.7. The van der Waals surface area contributed by atoms with Crippen LogP contribution in [0.3, 0.4) is 0 Å². The predicted octanol–water partition coefficient (Wildman–Crippen LogP) is 1.07. The average Bonchev–Trinajstić information content (AvgIpc) is 2.87. The Kier molecular flexibility index (Phi) is 20.2. The van der Waals surface area contributed by atoms with Crippen molar-refractivity contribution in [3.05, 3.63) is 0 Å². The molecule has 0 spiro atoms. The lowest BCUT2D eigenvalue weighted by Crippen LogP contribution is -2.49. The highest BCUT2D eigenvalue weighted by molar-refractivity contribution is 8.00. The van der Waals surface area contributed by atoms with Crippen LogP contribution >= 0.6 is 23.5 Å². The van der Waals surface area contributed by atoms with Crippen LogP contribution < -0.4 is 26.6 Å². The van der Waals surface area contributed by atoms with Gasteiger partial charge in [-0.1, -0.05) is 0 Å². The van der Waals surface area contributed by atoms with Crippen LogP contribution in [0.1, 0.15) is 67.7 Å². The minimum Gasteiger partial charge on any atom is -0.480 e. The standard InChI is InChI=1S/C28H49N5O9S2/c1-8-29-24(37)19(12-20(35)13-43-15-22(26(39)40)33-27(41)42-28(5,6)7)10-9-11-30-23(36)16-44-14-21(32-18(4)34)25(38)31-17(2)3/h17,19,21-22H,8-16H2,1-7H3,(H,29,37)(H,30,36)(H,31,38)(H,32,34)(H,33,41)(H,39,40)/t19-,21+,22+/m1/s1. The van der Waals surface area contributed by atoms with E-state index < -0.39 is 35.7 Å². The molecule has 44 heavy (non-hydrogen) atoms. The van der Waals surface area contributed by atoms with Gasteiger partial charge >= 0.3 is 12.1 Å². The fourth-order valence-electron chi connectivity index (χ4n) is 3.60. The zero-order chi connectivity index (χ0) is 33.9. The summed E-state index contributed by atoms with van der Waals surface area (Å²) in [6.45, 7) is 12.3. The first-order chi connectivity index (χ1) is 20.4. The van der Waals surface area contributed by atoms with E-state index in [1.165, 1.54) is 18.7 Å². The van der Waals surface area contributed by atoms with E-state index >= 15 is 0 Å². The fraction of sp³-hybridized carbons (Fsp3) is 0.750. The maximum Gasteiger partial charge on any atom is 0.408 e. The van der Waals surface area contributed by atoms with E-state index in [0.717, 1.165) is 11.8 Å². The highest BCUT2D eigenvalue weighted by Gasteiger charge is 2.26. The summed E-state index contributed by atoms with van der Waals surface area (Å²) in [6, 6.07) is -2.11. The number of ether oxygens (including phenoxy) is 1. The van der Waals surface area contributed by atoms with E-state index in [9.17, 15) is 38.7 Å². The summed E-state index contributed by atoms with van der Waals surface area (Å²) < 4.78 is 5.08. The third kappa shape index (κ3) is 20.8. The lowest BCUT2D eigenvalue weighted by Gasteiger charge is -2.22. The molecular weight excluding hydrogens is 614 g/mol. The summed E-state index contributed by atoms with van der Waals surface area (Å²) in [7, 11) is 0. The first-order valence-corrected chi connectivity index (χ1v) is 16.8. The average molecular weight is 664 g/mol. The normalized spacial score (nSPS) is 13.2. The van der Waals surface area contributed by atoms with Gasteiger partial charge in [0.05, 0.1) is 11.5 Å². The van der Waals surface area contributed by atoms with Gasteiger partial charge in [0.15, 0.2) is 0 Å². The Morgan fingerprint density at radius 3 is 2.00 bits per heavy atom. The number of amides is 5. The van der Waals surface area contributed by atoms with Crippen LogP contribution in [0.15, 0.2) is 0 Å². The second kappa shape index (κ2) is 21.7. The van der Waals surface area contributed by atoms with Gasteiger partial charge < -0.3 is 36.4 Å². The summed E-state index contributed by atoms with van der Waals surface area (Å²) in [5, 5.41) is 22.5. The number of nitrogens with one attached hydrogen (secondary N) is 5. The molecule has 0 aliphatic rings. The lowest BCUT2D eigenvalue weighted by atomic mass is 9.96. The van der Waals surface area contributed by atoms with Crippen LogP contribution in [0.4, 0.5) is 4.79 Å². The van der Waals surface area contributed by atoms with Crippen LogP contribution in [0.5, 0.6) is 0 Å². The number of carboxylic acid groups (broad SMARTS) is 1. The van der Waals surface area contributed by atoms with E-state index in [0.29, 0.717) is 19.4 Å². The monoisotopic (exact) mass is 663 g/mol. The Morgan fingerprint density at radius 1 is 0.841 bits per heavy atom. The predicted molar refractivity (Wildman–Crippen MR) is 170 cm³/mol. The van der Waals surface area contributed by atoms with Crippen molar-refractivity contribution in [2.75, 3.05) is 36.1 Å². The first-order valence-electron chi connectivity index (χ1n) is 14.5. The summed E-state index contributed by atoms with van der Waals surface area (Å²) in [5.41, 5.74) is -0.795. The number of ketones is 1. The quantitative estimate of drug-likeness (QED) is 0.0957. The fourth-order valence-corrected chi connectivity index (χ4v) is 5.40. The van der Waals surface area contributed by atoms with E-state index in [-0.39, 0.29) is 71.4 Å². The second-order valence-electron chi connectivity index (χ2n) is 11.3. The highest BCUT2D eigenvalue weighted by atomic mass is 32.2. The Hall–Kier alpha value is -3.01. The molecule has 0 bridgehead atoms. The minimum absolute atomic E-state index is 0.0433. The summed E-state index contributed by atoms with van der Waals surface area (Å²) in [6.07, 6.45) is -0.150. The van der Waals surface area contributed by atoms with Gasteiger partial charge in [0.1, 0.15) is 23.5 Å². The Balaban J connectivity index is 4.71. The molecule has 0 aromatic heterocycles. The van der Waals surface area contributed by atoms with Gasteiger partial charge in [-0.15, -0.1) is 11.8 Å². The molecular formula is C28H49N5O9S2. The number of carbonyl (C=O) groups is 7. The van der Waals surface area contributed by atoms with E-state index in [2.05, 4.69) is 26.6 Å². The van der Waals surface area contributed by atoms with Crippen LogP contribution in [0.2, 0.25) is 0 Å². The number of hydrogen-bond donors (Lipinski definition) is 6. The number of carboxylic acids is 1. The molecule has 0 fully saturated rings. The molecule has 14 nitrogen and oxygen atoms in total. The largest absolute Gasteiger partial charge is 0.480 e. The molecule has 0 unspecified atom stereocenters. The molecule has 6 N–H and O–H groups in total. The van der Waals surface area contributed by atoms with E-state index in [1.807, 2.05) is 0 Å². The maximum atomic E-state index is 12.6. The number of hydrogen-bond acceptors (Lipinski definition) is 10. The number of alkyl carbamates (subject to hydrolysis) is 1.